The largest absolute Gasteiger partial charge is 0.496 e. The number of hydrogen-bond donors (Lipinski definition) is 0. The van der Waals surface area contributed by atoms with Crippen LogP contribution in [0.2, 0.25) is 0 Å². The first-order chi connectivity index (χ1) is 10.0. The summed E-state index contributed by atoms with van der Waals surface area (Å²) < 4.78 is 10.1. The van der Waals surface area contributed by atoms with Gasteiger partial charge in [-0.15, -0.1) is 0 Å². The summed E-state index contributed by atoms with van der Waals surface area (Å²) in [6.07, 6.45) is 0.807. The maximum absolute atomic E-state index is 11.6. The van der Waals surface area contributed by atoms with E-state index in [1.54, 1.807) is 20.1 Å². The van der Waals surface area contributed by atoms with Crippen molar-refractivity contribution in [1.29, 1.82) is 0 Å². The quantitative estimate of drug-likeness (QED) is 0.612. The Balaban J connectivity index is 2.10. The van der Waals surface area contributed by atoms with Crippen molar-refractivity contribution < 1.29 is 19.1 Å². The van der Waals surface area contributed by atoms with Gasteiger partial charge in [-0.25, -0.2) is 0 Å². The smallest absolute Gasteiger partial charge is 0.310 e. The van der Waals surface area contributed by atoms with E-state index >= 15 is 0 Å². The van der Waals surface area contributed by atoms with Crippen LogP contribution in [0.4, 0.5) is 0 Å². The van der Waals surface area contributed by atoms with E-state index in [9.17, 15) is 9.59 Å². The van der Waals surface area contributed by atoms with Crippen molar-refractivity contribution in [2.75, 3.05) is 27.3 Å². The highest BCUT2D eigenvalue weighted by atomic mass is 16.5. The van der Waals surface area contributed by atoms with E-state index in [1.807, 2.05) is 12.1 Å². The van der Waals surface area contributed by atoms with Crippen LogP contribution in [0, 0.1) is 5.92 Å². The number of nitrogens with zero attached hydrogens (tertiary/aromatic N) is 1. The van der Waals surface area contributed by atoms with Crippen LogP contribution >= 0.6 is 0 Å². The third-order valence-electron chi connectivity index (χ3n) is 3.89. The molecule has 0 aliphatic carbocycles. The summed E-state index contributed by atoms with van der Waals surface area (Å²) in [5.41, 5.74) is 1.64. The molecule has 1 aliphatic rings. The Morgan fingerprint density at radius 3 is 2.71 bits per heavy atom. The molecule has 0 N–H and O–H groups in total. The lowest BCUT2D eigenvalue weighted by Gasteiger charge is -2.18. The highest BCUT2D eigenvalue weighted by Gasteiger charge is 2.29. The first-order valence-corrected chi connectivity index (χ1v) is 7.03. The third-order valence-corrected chi connectivity index (χ3v) is 3.89. The van der Waals surface area contributed by atoms with Gasteiger partial charge in [0.15, 0.2) is 5.78 Å². The molecule has 1 atom stereocenters. The minimum absolute atomic E-state index is 0.0350. The Hall–Kier alpha value is -1.88. The fourth-order valence-electron chi connectivity index (χ4n) is 2.70. The van der Waals surface area contributed by atoms with Crippen LogP contribution in [0.3, 0.4) is 0 Å². The van der Waals surface area contributed by atoms with Gasteiger partial charge in [0.25, 0.3) is 0 Å². The van der Waals surface area contributed by atoms with E-state index in [0.717, 1.165) is 24.3 Å². The second-order valence-electron chi connectivity index (χ2n) is 5.33. The van der Waals surface area contributed by atoms with E-state index in [2.05, 4.69) is 4.90 Å². The molecule has 1 aliphatic heterocycles. The van der Waals surface area contributed by atoms with E-state index in [1.165, 1.54) is 7.11 Å². The van der Waals surface area contributed by atoms with Gasteiger partial charge in [0.1, 0.15) is 5.75 Å². The Morgan fingerprint density at radius 2 is 2.10 bits per heavy atom. The zero-order chi connectivity index (χ0) is 15.4. The maximum atomic E-state index is 11.6. The van der Waals surface area contributed by atoms with Gasteiger partial charge < -0.3 is 9.47 Å². The van der Waals surface area contributed by atoms with Crippen molar-refractivity contribution in [1.82, 2.24) is 4.90 Å². The average Bonchev–Trinajstić information content (AvgIpc) is 2.94. The molecule has 1 aromatic carbocycles. The molecule has 21 heavy (non-hydrogen) atoms. The summed E-state index contributed by atoms with van der Waals surface area (Å²) in [5.74, 6) is 0.591. The van der Waals surface area contributed by atoms with Gasteiger partial charge in [-0.1, -0.05) is 0 Å². The lowest BCUT2D eigenvalue weighted by atomic mass is 10.1. The fourth-order valence-corrected chi connectivity index (χ4v) is 2.70. The van der Waals surface area contributed by atoms with Crippen LogP contribution in [0.5, 0.6) is 5.75 Å². The number of carbonyl (C=O) groups is 2. The van der Waals surface area contributed by atoms with Gasteiger partial charge in [0, 0.05) is 24.2 Å². The first kappa shape index (κ1) is 15.5. The summed E-state index contributed by atoms with van der Waals surface area (Å²) in [7, 11) is 3.04. The molecule has 114 valence electrons. The zero-order valence-corrected chi connectivity index (χ0v) is 12.7. The van der Waals surface area contributed by atoms with Crippen LogP contribution in [-0.2, 0) is 16.1 Å². The number of esters is 1. The molecule has 1 fully saturated rings. The monoisotopic (exact) mass is 291 g/mol. The molecule has 0 radical (unpaired) electrons. The van der Waals surface area contributed by atoms with E-state index in [0.29, 0.717) is 18.7 Å². The Labute approximate surface area is 124 Å². The summed E-state index contributed by atoms with van der Waals surface area (Å²) in [6.45, 7) is 3.74. The minimum atomic E-state index is -0.151. The minimum Gasteiger partial charge on any atom is -0.496 e. The van der Waals surface area contributed by atoms with E-state index in [4.69, 9.17) is 9.47 Å². The molecular formula is C16H21NO4. The summed E-state index contributed by atoms with van der Waals surface area (Å²) in [6, 6.07) is 5.46. The molecule has 5 nitrogen and oxygen atoms in total. The van der Waals surface area contributed by atoms with Crippen LogP contribution in [0.15, 0.2) is 18.2 Å². The molecule has 0 amide bonds. The molecule has 1 aromatic rings. The van der Waals surface area contributed by atoms with Crippen molar-refractivity contribution in [3.63, 3.8) is 0 Å². The molecule has 1 unspecified atom stereocenters. The number of hydrogen-bond acceptors (Lipinski definition) is 5. The van der Waals surface area contributed by atoms with Gasteiger partial charge in [-0.05, 0) is 38.1 Å². The lowest BCUT2D eigenvalue weighted by Crippen LogP contribution is -2.24. The number of carbonyl (C=O) groups excluding carboxylic acids is 2. The summed E-state index contributed by atoms with van der Waals surface area (Å²) >= 11 is 0. The van der Waals surface area contributed by atoms with Gasteiger partial charge in [-0.3, -0.25) is 14.5 Å². The van der Waals surface area contributed by atoms with Gasteiger partial charge in [0.2, 0.25) is 0 Å². The molecule has 2 rings (SSSR count). The SMILES string of the molecule is COC(=O)C1CCN(Cc2cc(C(C)=O)ccc2OC)C1. The van der Waals surface area contributed by atoms with Crippen molar-refractivity contribution in [3.05, 3.63) is 29.3 Å². The zero-order valence-electron chi connectivity index (χ0n) is 12.7. The third kappa shape index (κ3) is 3.61. The van der Waals surface area contributed by atoms with Crippen LogP contribution in [0.1, 0.15) is 29.3 Å². The standard InChI is InChI=1S/C16H21NO4/c1-11(18)12-4-5-15(20-2)14(8-12)10-17-7-6-13(9-17)16(19)21-3/h4-5,8,13H,6-7,9-10H2,1-3H3. The molecule has 0 aromatic heterocycles. The Bertz CT molecular complexity index is 541. The number of benzene rings is 1. The number of ketones is 1. The molecule has 1 saturated heterocycles. The second kappa shape index (κ2) is 6.72. The van der Waals surface area contributed by atoms with Gasteiger partial charge >= 0.3 is 5.97 Å². The van der Waals surface area contributed by atoms with Gasteiger partial charge in [0.05, 0.1) is 20.1 Å². The number of rotatable bonds is 5. The predicted octanol–water partition coefficient (Wildman–Crippen LogP) is 1.89. The second-order valence-corrected chi connectivity index (χ2v) is 5.33. The van der Waals surface area contributed by atoms with E-state index < -0.39 is 0 Å². The number of likely N-dealkylation sites (tertiary alicyclic amines) is 1. The molecule has 0 saturated carbocycles. The molecule has 5 heteroatoms. The maximum Gasteiger partial charge on any atom is 0.310 e. The molecule has 0 spiro atoms. The van der Waals surface area contributed by atoms with Crippen molar-refractivity contribution >= 4 is 11.8 Å². The lowest BCUT2D eigenvalue weighted by molar-refractivity contribution is -0.144. The van der Waals surface area contributed by atoms with Crippen LogP contribution in [-0.4, -0.2) is 44.0 Å². The highest BCUT2D eigenvalue weighted by molar-refractivity contribution is 5.94. The summed E-state index contributed by atoms with van der Waals surface area (Å²) in [5, 5.41) is 0. The van der Waals surface area contributed by atoms with Gasteiger partial charge in [-0.2, -0.15) is 0 Å². The van der Waals surface area contributed by atoms with Crippen molar-refractivity contribution in [3.8, 4) is 5.75 Å². The predicted molar refractivity (Wildman–Crippen MR) is 78.4 cm³/mol. The molecular weight excluding hydrogens is 270 g/mol. The molecule has 0 bridgehead atoms. The molecule has 1 heterocycles. The number of ether oxygens (including phenoxy) is 2. The van der Waals surface area contributed by atoms with Crippen LogP contribution < -0.4 is 4.74 Å². The first-order valence-electron chi connectivity index (χ1n) is 7.03. The van der Waals surface area contributed by atoms with Crippen molar-refractivity contribution in [2.45, 2.75) is 19.9 Å². The number of methoxy groups -OCH3 is 2. The topological polar surface area (TPSA) is 55.8 Å². The van der Waals surface area contributed by atoms with Crippen molar-refractivity contribution in [2.24, 2.45) is 5.92 Å². The fraction of sp³-hybridized carbons (Fsp3) is 0.500. The van der Waals surface area contributed by atoms with Crippen LogP contribution in [0.25, 0.3) is 0 Å². The normalized spacial score (nSPS) is 18.5. The highest BCUT2D eigenvalue weighted by Crippen LogP contribution is 2.25. The Morgan fingerprint density at radius 1 is 1.33 bits per heavy atom. The Kier molecular flexibility index (Phi) is 4.96. The van der Waals surface area contributed by atoms with E-state index in [-0.39, 0.29) is 17.7 Å². The summed E-state index contributed by atoms with van der Waals surface area (Å²) in [4.78, 5) is 25.2. The number of Topliss-reactive ketones (excluding diaryl/α,β-unsaturated/α-hetero) is 1. The average molecular weight is 291 g/mol.